The molecule has 1 aliphatic rings. The zero-order valence-electron chi connectivity index (χ0n) is 13.3. The van der Waals surface area contributed by atoms with E-state index in [0.717, 1.165) is 36.7 Å². The predicted octanol–water partition coefficient (Wildman–Crippen LogP) is 4.06. The van der Waals surface area contributed by atoms with Gasteiger partial charge in [-0.25, -0.2) is 0 Å². The first-order valence-corrected chi connectivity index (χ1v) is 8.31. The van der Waals surface area contributed by atoms with Gasteiger partial charge in [-0.2, -0.15) is 0 Å². The van der Waals surface area contributed by atoms with E-state index in [1.165, 1.54) is 25.7 Å². The molecular formula is C18H28N2O. The molecule has 2 unspecified atom stereocenters. The lowest BCUT2D eigenvalue weighted by Gasteiger charge is -2.26. The molecule has 0 aromatic heterocycles. The molecule has 2 rings (SSSR count). The molecule has 21 heavy (non-hydrogen) atoms. The van der Waals surface area contributed by atoms with Gasteiger partial charge in [0.15, 0.2) is 0 Å². The van der Waals surface area contributed by atoms with Crippen molar-refractivity contribution in [1.82, 2.24) is 5.32 Å². The minimum absolute atomic E-state index is 0.0485. The lowest BCUT2D eigenvalue weighted by Crippen LogP contribution is -2.31. The van der Waals surface area contributed by atoms with Crippen LogP contribution in [-0.4, -0.2) is 19.0 Å². The molecular weight excluding hydrogens is 260 g/mol. The van der Waals surface area contributed by atoms with Crippen LogP contribution in [0.3, 0.4) is 0 Å². The fourth-order valence-electron chi connectivity index (χ4n) is 3.17. The summed E-state index contributed by atoms with van der Waals surface area (Å²) in [5.41, 5.74) is 1.70. The number of anilines is 1. The van der Waals surface area contributed by atoms with Crippen molar-refractivity contribution in [1.29, 1.82) is 0 Å². The van der Waals surface area contributed by atoms with Crippen LogP contribution < -0.4 is 10.6 Å². The number of para-hydroxylation sites is 1. The van der Waals surface area contributed by atoms with E-state index < -0.39 is 0 Å². The smallest absolute Gasteiger partial charge is 0.253 e. The molecule has 0 radical (unpaired) electrons. The fraction of sp³-hybridized carbons (Fsp3) is 0.611. The molecule has 1 aromatic rings. The maximum Gasteiger partial charge on any atom is 0.253 e. The number of nitrogens with one attached hydrogen (secondary N) is 2. The SMILES string of the molecule is CCCNc1ccccc1C(=O)NCC1CCCC(C)C1. The normalized spacial score (nSPS) is 21.8. The van der Waals surface area contributed by atoms with Crippen molar-refractivity contribution in [2.24, 2.45) is 11.8 Å². The molecule has 1 saturated carbocycles. The van der Waals surface area contributed by atoms with Crippen molar-refractivity contribution in [2.45, 2.75) is 46.0 Å². The summed E-state index contributed by atoms with van der Waals surface area (Å²) in [6.45, 7) is 6.15. The summed E-state index contributed by atoms with van der Waals surface area (Å²) in [6.07, 6.45) is 6.19. The average Bonchev–Trinajstić information content (AvgIpc) is 2.51. The lowest BCUT2D eigenvalue weighted by atomic mass is 9.82. The molecule has 3 nitrogen and oxygen atoms in total. The summed E-state index contributed by atoms with van der Waals surface area (Å²) in [6, 6.07) is 7.77. The van der Waals surface area contributed by atoms with Gasteiger partial charge in [-0.15, -0.1) is 0 Å². The van der Waals surface area contributed by atoms with Crippen molar-refractivity contribution in [3.8, 4) is 0 Å². The Bertz CT molecular complexity index is 458. The summed E-state index contributed by atoms with van der Waals surface area (Å²) in [7, 11) is 0. The number of benzene rings is 1. The topological polar surface area (TPSA) is 41.1 Å². The highest BCUT2D eigenvalue weighted by atomic mass is 16.1. The van der Waals surface area contributed by atoms with E-state index in [0.29, 0.717) is 5.92 Å². The Balaban J connectivity index is 1.90. The Morgan fingerprint density at radius 3 is 2.86 bits per heavy atom. The quantitative estimate of drug-likeness (QED) is 0.828. The first-order chi connectivity index (χ1) is 10.2. The number of hydrogen-bond donors (Lipinski definition) is 2. The summed E-state index contributed by atoms with van der Waals surface area (Å²) >= 11 is 0. The molecule has 2 N–H and O–H groups in total. The molecule has 0 spiro atoms. The number of hydrogen-bond acceptors (Lipinski definition) is 2. The van der Waals surface area contributed by atoms with Gasteiger partial charge in [0.05, 0.1) is 5.56 Å². The van der Waals surface area contributed by atoms with E-state index in [-0.39, 0.29) is 5.91 Å². The van der Waals surface area contributed by atoms with Crippen LogP contribution in [0.1, 0.15) is 56.3 Å². The molecule has 1 amide bonds. The van der Waals surface area contributed by atoms with Crippen molar-refractivity contribution in [3.63, 3.8) is 0 Å². The van der Waals surface area contributed by atoms with E-state index in [1.54, 1.807) is 0 Å². The summed E-state index contributed by atoms with van der Waals surface area (Å²) in [4.78, 5) is 12.4. The second kappa shape index (κ2) is 8.06. The van der Waals surface area contributed by atoms with Crippen LogP contribution in [0.25, 0.3) is 0 Å². The molecule has 0 aliphatic heterocycles. The van der Waals surface area contributed by atoms with E-state index >= 15 is 0 Å². The van der Waals surface area contributed by atoms with E-state index in [9.17, 15) is 4.79 Å². The van der Waals surface area contributed by atoms with Crippen molar-refractivity contribution in [2.75, 3.05) is 18.4 Å². The molecule has 1 aromatic carbocycles. The second-order valence-electron chi connectivity index (χ2n) is 6.32. The van der Waals surface area contributed by atoms with Gasteiger partial charge in [-0.05, 0) is 43.2 Å². The Hall–Kier alpha value is -1.51. The molecule has 2 atom stereocenters. The standard InChI is InChI=1S/C18H28N2O/c1-3-11-19-17-10-5-4-9-16(17)18(21)20-13-15-8-6-7-14(2)12-15/h4-5,9-10,14-15,19H,3,6-8,11-13H2,1-2H3,(H,20,21). The van der Waals surface area contributed by atoms with Gasteiger partial charge in [0, 0.05) is 18.8 Å². The van der Waals surface area contributed by atoms with Gasteiger partial charge in [-0.1, -0.05) is 38.8 Å². The van der Waals surface area contributed by atoms with Gasteiger partial charge < -0.3 is 10.6 Å². The van der Waals surface area contributed by atoms with Crippen molar-refractivity contribution >= 4 is 11.6 Å². The van der Waals surface area contributed by atoms with Gasteiger partial charge in [0.25, 0.3) is 5.91 Å². The fourth-order valence-corrected chi connectivity index (χ4v) is 3.17. The highest BCUT2D eigenvalue weighted by Crippen LogP contribution is 2.28. The molecule has 0 saturated heterocycles. The zero-order valence-corrected chi connectivity index (χ0v) is 13.3. The monoisotopic (exact) mass is 288 g/mol. The van der Waals surface area contributed by atoms with Crippen LogP contribution in [0.2, 0.25) is 0 Å². The van der Waals surface area contributed by atoms with Crippen LogP contribution >= 0.6 is 0 Å². The van der Waals surface area contributed by atoms with Crippen LogP contribution in [-0.2, 0) is 0 Å². The van der Waals surface area contributed by atoms with E-state index in [2.05, 4.69) is 24.5 Å². The van der Waals surface area contributed by atoms with E-state index in [1.807, 2.05) is 24.3 Å². The maximum atomic E-state index is 12.4. The first-order valence-electron chi connectivity index (χ1n) is 8.31. The van der Waals surface area contributed by atoms with Crippen molar-refractivity contribution < 1.29 is 4.79 Å². The Kier molecular flexibility index (Phi) is 6.09. The second-order valence-corrected chi connectivity index (χ2v) is 6.32. The zero-order chi connectivity index (χ0) is 15.1. The van der Waals surface area contributed by atoms with Gasteiger partial charge in [-0.3, -0.25) is 4.79 Å². The molecule has 0 heterocycles. The number of amides is 1. The van der Waals surface area contributed by atoms with Gasteiger partial charge >= 0.3 is 0 Å². The molecule has 3 heteroatoms. The summed E-state index contributed by atoms with van der Waals surface area (Å²) < 4.78 is 0. The Morgan fingerprint density at radius 1 is 1.29 bits per heavy atom. The summed E-state index contributed by atoms with van der Waals surface area (Å²) in [5, 5.41) is 6.46. The van der Waals surface area contributed by atoms with Gasteiger partial charge in [0.2, 0.25) is 0 Å². The minimum Gasteiger partial charge on any atom is -0.384 e. The maximum absolute atomic E-state index is 12.4. The molecule has 1 fully saturated rings. The van der Waals surface area contributed by atoms with Crippen molar-refractivity contribution in [3.05, 3.63) is 29.8 Å². The van der Waals surface area contributed by atoms with Crippen LogP contribution in [0.4, 0.5) is 5.69 Å². The average molecular weight is 288 g/mol. The Labute approximate surface area is 128 Å². The van der Waals surface area contributed by atoms with Gasteiger partial charge in [0.1, 0.15) is 0 Å². The highest BCUT2D eigenvalue weighted by Gasteiger charge is 2.20. The predicted molar refractivity (Wildman–Crippen MR) is 88.7 cm³/mol. The third kappa shape index (κ3) is 4.76. The largest absolute Gasteiger partial charge is 0.384 e. The summed E-state index contributed by atoms with van der Waals surface area (Å²) in [5.74, 6) is 1.50. The first kappa shape index (κ1) is 15.9. The van der Waals surface area contributed by atoms with E-state index in [4.69, 9.17) is 0 Å². The molecule has 0 bridgehead atoms. The molecule has 116 valence electrons. The highest BCUT2D eigenvalue weighted by molar-refractivity contribution is 5.99. The van der Waals surface area contributed by atoms with Crippen LogP contribution in [0.15, 0.2) is 24.3 Å². The van der Waals surface area contributed by atoms with Crippen LogP contribution in [0, 0.1) is 11.8 Å². The number of carbonyl (C=O) groups excluding carboxylic acids is 1. The lowest BCUT2D eigenvalue weighted by molar-refractivity contribution is 0.0941. The third-order valence-corrected chi connectivity index (χ3v) is 4.33. The third-order valence-electron chi connectivity index (χ3n) is 4.33. The molecule has 1 aliphatic carbocycles. The number of rotatable bonds is 6. The number of carbonyl (C=O) groups is 1. The van der Waals surface area contributed by atoms with Crippen LogP contribution in [0.5, 0.6) is 0 Å². The minimum atomic E-state index is 0.0485. The Morgan fingerprint density at radius 2 is 2.10 bits per heavy atom.